The monoisotopic (exact) mass is 290 g/mol. The van der Waals surface area contributed by atoms with Crippen LogP contribution in [0.5, 0.6) is 5.75 Å². The number of hydrogen-bond acceptors (Lipinski definition) is 4. The van der Waals surface area contributed by atoms with Crippen LogP contribution in [0.1, 0.15) is 49.9 Å². The van der Waals surface area contributed by atoms with Gasteiger partial charge >= 0.3 is 0 Å². The number of carbonyl (C=O) groups is 1. The van der Waals surface area contributed by atoms with Crippen molar-refractivity contribution in [2.75, 3.05) is 20.7 Å². The first-order chi connectivity index (χ1) is 9.99. The zero-order chi connectivity index (χ0) is 15.5. The van der Waals surface area contributed by atoms with Gasteiger partial charge in [-0.05, 0) is 58.7 Å². The quantitative estimate of drug-likeness (QED) is 0.781. The number of pyridine rings is 1. The van der Waals surface area contributed by atoms with Crippen molar-refractivity contribution in [3.05, 3.63) is 24.0 Å². The molecule has 0 aromatic carbocycles. The number of likely N-dealkylation sites (N-methyl/N-ethyl adjacent to an activating group) is 1. The van der Waals surface area contributed by atoms with E-state index in [4.69, 9.17) is 4.74 Å². The minimum Gasteiger partial charge on any atom is -0.492 e. The predicted octanol–water partition coefficient (Wildman–Crippen LogP) is 3.17. The Morgan fingerprint density at radius 2 is 2.05 bits per heavy atom. The molecule has 0 amide bonds. The molecule has 0 spiro atoms. The van der Waals surface area contributed by atoms with E-state index in [-0.39, 0.29) is 11.3 Å². The highest BCUT2D eigenvalue weighted by atomic mass is 16.5. The lowest BCUT2D eigenvalue weighted by atomic mass is 9.72. The van der Waals surface area contributed by atoms with Crippen molar-refractivity contribution >= 4 is 5.78 Å². The van der Waals surface area contributed by atoms with Crippen molar-refractivity contribution in [2.45, 2.75) is 45.1 Å². The standard InChI is InChI=1S/C17H26N2O2/c1-5-21-15-10-14(11-18-12-15)16(20)17(19(3)4)8-6-13(2)7-9-17/h10-13H,5-9H2,1-4H3. The number of Topliss-reactive ketones (excluding diaryl/α,β-unsaturated/α-hetero) is 1. The Bertz CT molecular complexity index is 491. The Hall–Kier alpha value is -1.42. The van der Waals surface area contributed by atoms with Gasteiger partial charge in [0.15, 0.2) is 5.78 Å². The molecule has 1 saturated carbocycles. The third-order valence-corrected chi connectivity index (χ3v) is 4.67. The normalized spacial score (nSPS) is 25.9. The molecule has 21 heavy (non-hydrogen) atoms. The molecule has 0 bridgehead atoms. The summed E-state index contributed by atoms with van der Waals surface area (Å²) in [4.78, 5) is 19.3. The molecular weight excluding hydrogens is 264 g/mol. The number of ketones is 1. The zero-order valence-corrected chi connectivity index (χ0v) is 13.6. The average Bonchev–Trinajstić information content (AvgIpc) is 2.48. The van der Waals surface area contributed by atoms with Crippen molar-refractivity contribution < 1.29 is 9.53 Å². The smallest absolute Gasteiger partial charge is 0.184 e. The molecule has 2 rings (SSSR count). The Balaban J connectivity index is 2.28. The van der Waals surface area contributed by atoms with Gasteiger partial charge in [-0.15, -0.1) is 0 Å². The Morgan fingerprint density at radius 1 is 1.38 bits per heavy atom. The third kappa shape index (κ3) is 3.26. The summed E-state index contributed by atoms with van der Waals surface area (Å²) in [5.41, 5.74) is 0.267. The van der Waals surface area contributed by atoms with Gasteiger partial charge in [0.2, 0.25) is 0 Å². The van der Waals surface area contributed by atoms with Crippen LogP contribution in [0.2, 0.25) is 0 Å². The number of nitrogens with zero attached hydrogens (tertiary/aromatic N) is 2. The van der Waals surface area contributed by atoms with Gasteiger partial charge in [0, 0.05) is 11.8 Å². The number of carbonyl (C=O) groups excluding carboxylic acids is 1. The molecule has 1 fully saturated rings. The van der Waals surface area contributed by atoms with E-state index in [1.807, 2.05) is 27.1 Å². The summed E-state index contributed by atoms with van der Waals surface area (Å²) in [6.07, 6.45) is 7.35. The lowest BCUT2D eigenvalue weighted by molar-refractivity contribution is 0.0512. The SMILES string of the molecule is CCOc1cncc(C(=O)C2(N(C)C)CCC(C)CC2)c1. The number of aromatic nitrogens is 1. The highest BCUT2D eigenvalue weighted by molar-refractivity contribution is 6.03. The van der Waals surface area contributed by atoms with Crippen LogP contribution in [-0.4, -0.2) is 41.9 Å². The minimum atomic E-state index is -0.390. The summed E-state index contributed by atoms with van der Waals surface area (Å²) in [7, 11) is 4.02. The van der Waals surface area contributed by atoms with E-state index >= 15 is 0 Å². The number of hydrogen-bond donors (Lipinski definition) is 0. The molecule has 1 aromatic heterocycles. The van der Waals surface area contributed by atoms with Gasteiger partial charge in [-0.3, -0.25) is 14.7 Å². The molecule has 1 aliphatic rings. The maximum Gasteiger partial charge on any atom is 0.184 e. The summed E-state index contributed by atoms with van der Waals surface area (Å²) >= 11 is 0. The largest absolute Gasteiger partial charge is 0.492 e. The molecule has 4 nitrogen and oxygen atoms in total. The molecule has 1 aliphatic carbocycles. The average molecular weight is 290 g/mol. The van der Waals surface area contributed by atoms with Crippen LogP contribution in [0, 0.1) is 5.92 Å². The Kier molecular flexibility index (Phi) is 4.99. The highest BCUT2D eigenvalue weighted by Gasteiger charge is 2.43. The van der Waals surface area contributed by atoms with E-state index in [0.717, 1.165) is 25.7 Å². The summed E-state index contributed by atoms with van der Waals surface area (Å²) in [5.74, 6) is 1.55. The molecule has 0 aliphatic heterocycles. The van der Waals surface area contributed by atoms with Crippen LogP contribution in [0.3, 0.4) is 0 Å². The fraction of sp³-hybridized carbons (Fsp3) is 0.647. The maximum atomic E-state index is 13.1. The van der Waals surface area contributed by atoms with E-state index in [0.29, 0.717) is 23.8 Å². The van der Waals surface area contributed by atoms with Gasteiger partial charge in [-0.1, -0.05) is 6.92 Å². The van der Waals surface area contributed by atoms with Gasteiger partial charge in [0.05, 0.1) is 18.3 Å². The van der Waals surface area contributed by atoms with Crippen molar-refractivity contribution in [2.24, 2.45) is 5.92 Å². The molecule has 0 unspecified atom stereocenters. The van der Waals surface area contributed by atoms with Crippen molar-refractivity contribution in [3.8, 4) is 5.75 Å². The fourth-order valence-electron chi connectivity index (χ4n) is 3.17. The second kappa shape index (κ2) is 6.56. The van der Waals surface area contributed by atoms with Crippen LogP contribution in [0.25, 0.3) is 0 Å². The molecule has 0 radical (unpaired) electrons. The van der Waals surface area contributed by atoms with Crippen LogP contribution >= 0.6 is 0 Å². The lowest BCUT2D eigenvalue weighted by Gasteiger charge is -2.43. The predicted molar refractivity (Wildman–Crippen MR) is 83.8 cm³/mol. The van der Waals surface area contributed by atoms with Crippen LogP contribution in [0.15, 0.2) is 18.5 Å². The number of ether oxygens (including phenoxy) is 1. The third-order valence-electron chi connectivity index (χ3n) is 4.67. The molecule has 0 N–H and O–H groups in total. The topological polar surface area (TPSA) is 42.4 Å². The van der Waals surface area contributed by atoms with Gasteiger partial charge in [0.25, 0.3) is 0 Å². The van der Waals surface area contributed by atoms with Gasteiger partial charge < -0.3 is 4.74 Å². The van der Waals surface area contributed by atoms with E-state index in [1.54, 1.807) is 12.4 Å². The molecule has 4 heteroatoms. The second-order valence-electron chi connectivity index (χ2n) is 6.28. The number of rotatable bonds is 5. The van der Waals surface area contributed by atoms with E-state index in [1.165, 1.54) is 0 Å². The fourth-order valence-corrected chi connectivity index (χ4v) is 3.17. The van der Waals surface area contributed by atoms with E-state index < -0.39 is 0 Å². The highest BCUT2D eigenvalue weighted by Crippen LogP contribution is 2.37. The van der Waals surface area contributed by atoms with Crippen LogP contribution in [0.4, 0.5) is 0 Å². The van der Waals surface area contributed by atoms with Gasteiger partial charge in [-0.2, -0.15) is 0 Å². The zero-order valence-electron chi connectivity index (χ0n) is 13.6. The van der Waals surface area contributed by atoms with Gasteiger partial charge in [-0.25, -0.2) is 0 Å². The maximum absolute atomic E-state index is 13.1. The van der Waals surface area contributed by atoms with E-state index in [2.05, 4.69) is 16.8 Å². The van der Waals surface area contributed by atoms with E-state index in [9.17, 15) is 4.79 Å². The molecule has 1 aromatic rings. The van der Waals surface area contributed by atoms with Crippen molar-refractivity contribution in [1.82, 2.24) is 9.88 Å². The lowest BCUT2D eigenvalue weighted by Crippen LogP contribution is -2.53. The van der Waals surface area contributed by atoms with Crippen LogP contribution < -0.4 is 4.74 Å². The first-order valence-electron chi connectivity index (χ1n) is 7.79. The summed E-state index contributed by atoms with van der Waals surface area (Å²) in [5, 5.41) is 0. The second-order valence-corrected chi connectivity index (χ2v) is 6.28. The molecule has 0 saturated heterocycles. The Labute approximate surface area is 127 Å². The van der Waals surface area contributed by atoms with Crippen molar-refractivity contribution in [3.63, 3.8) is 0 Å². The summed E-state index contributed by atoms with van der Waals surface area (Å²) in [6, 6.07) is 1.82. The molecule has 0 atom stereocenters. The first-order valence-corrected chi connectivity index (χ1v) is 7.79. The minimum absolute atomic E-state index is 0.174. The molecular formula is C17H26N2O2. The van der Waals surface area contributed by atoms with Crippen molar-refractivity contribution in [1.29, 1.82) is 0 Å². The van der Waals surface area contributed by atoms with Crippen LogP contribution in [-0.2, 0) is 0 Å². The summed E-state index contributed by atoms with van der Waals surface area (Å²) in [6.45, 7) is 4.77. The van der Waals surface area contributed by atoms with Gasteiger partial charge in [0.1, 0.15) is 5.75 Å². The summed E-state index contributed by atoms with van der Waals surface area (Å²) < 4.78 is 5.47. The molecule has 1 heterocycles. The molecule has 116 valence electrons. The Morgan fingerprint density at radius 3 is 2.62 bits per heavy atom. The first kappa shape index (κ1) is 16.0.